The van der Waals surface area contributed by atoms with Crippen LogP contribution in [0.4, 0.5) is 0 Å². The van der Waals surface area contributed by atoms with Crippen LogP contribution in [-0.2, 0) is 6.42 Å². The molecule has 2 aromatic rings. The average Bonchev–Trinajstić information content (AvgIpc) is 2.93. The van der Waals surface area contributed by atoms with Crippen LogP contribution in [0.15, 0.2) is 24.5 Å². The highest BCUT2D eigenvalue weighted by Crippen LogP contribution is 2.20. The van der Waals surface area contributed by atoms with Crippen molar-refractivity contribution < 1.29 is 5.11 Å². The number of H-pyrrole nitrogens is 1. The molecule has 0 amide bonds. The van der Waals surface area contributed by atoms with E-state index in [1.54, 1.807) is 6.33 Å². The average molecular weight is 289 g/mol. The lowest BCUT2D eigenvalue weighted by molar-refractivity contribution is 0.0605. The molecule has 4 heteroatoms. The topological polar surface area (TPSA) is 52.2 Å². The second kappa shape index (κ2) is 7.57. The van der Waals surface area contributed by atoms with Crippen LogP contribution in [0.2, 0.25) is 0 Å². The molecule has 2 atom stereocenters. The van der Waals surface area contributed by atoms with Gasteiger partial charge in [0.1, 0.15) is 0 Å². The van der Waals surface area contributed by atoms with E-state index in [4.69, 9.17) is 0 Å². The normalized spacial score (nSPS) is 14.7. The highest BCUT2D eigenvalue weighted by Gasteiger charge is 2.23. The number of para-hydroxylation sites is 1. The van der Waals surface area contributed by atoms with Crippen molar-refractivity contribution in [1.82, 2.24) is 14.9 Å². The molecule has 1 aromatic heterocycles. The first-order valence-corrected chi connectivity index (χ1v) is 8.00. The van der Waals surface area contributed by atoms with E-state index in [-0.39, 0.29) is 12.1 Å². The number of aliphatic hydroxyl groups excluding tert-OH is 1. The van der Waals surface area contributed by atoms with Crippen molar-refractivity contribution in [2.75, 3.05) is 13.1 Å². The van der Waals surface area contributed by atoms with E-state index in [0.29, 0.717) is 0 Å². The van der Waals surface area contributed by atoms with Crippen LogP contribution in [0.3, 0.4) is 0 Å². The Bertz CT molecular complexity index is 544. The number of rotatable bonds is 8. The van der Waals surface area contributed by atoms with Crippen molar-refractivity contribution in [1.29, 1.82) is 0 Å². The molecule has 0 bridgehead atoms. The summed E-state index contributed by atoms with van der Waals surface area (Å²) in [4.78, 5) is 9.99. The second-order valence-corrected chi connectivity index (χ2v) is 5.76. The Morgan fingerprint density at radius 3 is 2.57 bits per heavy atom. The quantitative estimate of drug-likeness (QED) is 0.785. The van der Waals surface area contributed by atoms with E-state index in [9.17, 15) is 5.11 Å². The van der Waals surface area contributed by atoms with E-state index >= 15 is 0 Å². The number of imidazole rings is 1. The molecule has 0 aliphatic heterocycles. The maximum atomic E-state index is 10.2. The molecule has 1 heterocycles. The van der Waals surface area contributed by atoms with Gasteiger partial charge in [-0.05, 0) is 50.9 Å². The van der Waals surface area contributed by atoms with Gasteiger partial charge < -0.3 is 10.1 Å². The maximum Gasteiger partial charge on any atom is 0.0931 e. The first kappa shape index (κ1) is 16.0. The molecule has 2 N–H and O–H groups in total. The first-order chi connectivity index (χ1) is 10.2. The largest absolute Gasteiger partial charge is 0.392 e. The first-order valence-electron chi connectivity index (χ1n) is 8.00. The maximum absolute atomic E-state index is 10.2. The van der Waals surface area contributed by atoms with Crippen molar-refractivity contribution in [3.05, 3.63) is 30.1 Å². The minimum absolute atomic E-state index is 0.146. The minimum atomic E-state index is -0.350. The number of fused-ring (bicyclic) bond motifs is 1. The van der Waals surface area contributed by atoms with Crippen molar-refractivity contribution in [3.63, 3.8) is 0 Å². The number of benzene rings is 1. The zero-order valence-electron chi connectivity index (χ0n) is 13.3. The van der Waals surface area contributed by atoms with Gasteiger partial charge in [0.15, 0.2) is 0 Å². The molecule has 21 heavy (non-hydrogen) atoms. The molecule has 1 aromatic carbocycles. The van der Waals surface area contributed by atoms with Crippen LogP contribution in [0.5, 0.6) is 0 Å². The Hall–Kier alpha value is -1.39. The third-order valence-electron chi connectivity index (χ3n) is 4.01. The summed E-state index contributed by atoms with van der Waals surface area (Å²) in [5, 5.41) is 10.2. The van der Waals surface area contributed by atoms with E-state index in [1.807, 2.05) is 13.0 Å². The van der Waals surface area contributed by atoms with Gasteiger partial charge in [-0.15, -0.1) is 0 Å². The van der Waals surface area contributed by atoms with Gasteiger partial charge in [0.2, 0.25) is 0 Å². The summed E-state index contributed by atoms with van der Waals surface area (Å²) in [6, 6.07) is 6.36. The molecule has 0 aliphatic rings. The highest BCUT2D eigenvalue weighted by molar-refractivity contribution is 5.78. The molecule has 116 valence electrons. The Balaban J connectivity index is 2.24. The molecule has 0 aliphatic carbocycles. The summed E-state index contributed by atoms with van der Waals surface area (Å²) >= 11 is 0. The minimum Gasteiger partial charge on any atom is -0.392 e. The molecular formula is C17H27N3O. The zero-order chi connectivity index (χ0) is 15.2. The van der Waals surface area contributed by atoms with Crippen LogP contribution in [0.1, 0.15) is 39.2 Å². The van der Waals surface area contributed by atoms with Gasteiger partial charge in [-0.25, -0.2) is 4.98 Å². The van der Waals surface area contributed by atoms with Crippen LogP contribution in [0.25, 0.3) is 11.0 Å². The Labute approximate surface area is 127 Å². The van der Waals surface area contributed by atoms with Crippen LogP contribution in [-0.4, -0.2) is 45.2 Å². The number of hydrogen-bond donors (Lipinski definition) is 2. The lowest BCUT2D eigenvalue weighted by Crippen LogP contribution is -2.44. The van der Waals surface area contributed by atoms with Crippen molar-refractivity contribution in [2.45, 2.75) is 52.2 Å². The number of nitrogens with one attached hydrogen (secondary N) is 1. The van der Waals surface area contributed by atoms with Crippen LogP contribution < -0.4 is 0 Å². The summed E-state index contributed by atoms with van der Waals surface area (Å²) in [6.45, 7) is 8.33. The monoisotopic (exact) mass is 289 g/mol. The number of aromatic nitrogens is 2. The standard InChI is InChI=1S/C17H27N3O/c1-4-9-20(10-5-2)16(13(3)21)11-14-7-6-8-15-17(14)19-12-18-15/h6-8,12-13,16,21H,4-5,9-11H2,1-3H3,(H,18,19). The lowest BCUT2D eigenvalue weighted by atomic mass is 9.99. The fraction of sp³-hybridized carbons (Fsp3) is 0.588. The summed E-state index contributed by atoms with van der Waals surface area (Å²) in [5.41, 5.74) is 3.29. The fourth-order valence-corrected chi connectivity index (χ4v) is 3.04. The van der Waals surface area contributed by atoms with Crippen molar-refractivity contribution >= 4 is 11.0 Å². The number of nitrogens with zero attached hydrogens (tertiary/aromatic N) is 2. The number of hydrogen-bond acceptors (Lipinski definition) is 3. The molecule has 2 rings (SSSR count). The van der Waals surface area contributed by atoms with Crippen LogP contribution in [0, 0.1) is 0 Å². The number of aliphatic hydroxyl groups is 1. The summed E-state index contributed by atoms with van der Waals surface area (Å²) in [6.07, 6.45) is 4.43. The van der Waals surface area contributed by atoms with Gasteiger partial charge in [0, 0.05) is 6.04 Å². The molecule has 0 saturated heterocycles. The third-order valence-corrected chi connectivity index (χ3v) is 4.01. The van der Waals surface area contributed by atoms with Gasteiger partial charge >= 0.3 is 0 Å². The predicted molar refractivity (Wildman–Crippen MR) is 87.4 cm³/mol. The molecule has 0 fully saturated rings. The fourth-order valence-electron chi connectivity index (χ4n) is 3.04. The van der Waals surface area contributed by atoms with Gasteiger partial charge in [0.05, 0.1) is 23.5 Å². The van der Waals surface area contributed by atoms with E-state index < -0.39 is 0 Å². The van der Waals surface area contributed by atoms with Crippen molar-refractivity contribution in [3.8, 4) is 0 Å². The van der Waals surface area contributed by atoms with Crippen LogP contribution >= 0.6 is 0 Å². The third kappa shape index (κ3) is 3.83. The van der Waals surface area contributed by atoms with E-state index in [2.05, 4.69) is 40.8 Å². The van der Waals surface area contributed by atoms with E-state index in [0.717, 1.165) is 43.4 Å². The van der Waals surface area contributed by atoms with Gasteiger partial charge in [-0.3, -0.25) is 4.90 Å². The zero-order valence-corrected chi connectivity index (χ0v) is 13.3. The SMILES string of the molecule is CCCN(CCC)C(Cc1cccc2[nH]cnc12)C(C)O. The highest BCUT2D eigenvalue weighted by atomic mass is 16.3. The molecular weight excluding hydrogens is 262 g/mol. The summed E-state index contributed by atoms with van der Waals surface area (Å²) in [5.74, 6) is 0. The molecule has 4 nitrogen and oxygen atoms in total. The Morgan fingerprint density at radius 2 is 1.95 bits per heavy atom. The van der Waals surface area contributed by atoms with E-state index in [1.165, 1.54) is 5.56 Å². The molecule has 0 saturated carbocycles. The Kier molecular flexibility index (Phi) is 5.76. The number of aromatic amines is 1. The molecule has 0 spiro atoms. The van der Waals surface area contributed by atoms with Crippen molar-refractivity contribution in [2.24, 2.45) is 0 Å². The summed E-state index contributed by atoms with van der Waals surface area (Å²) < 4.78 is 0. The smallest absolute Gasteiger partial charge is 0.0931 e. The van der Waals surface area contributed by atoms with Gasteiger partial charge in [0.25, 0.3) is 0 Å². The predicted octanol–water partition coefficient (Wildman–Crippen LogP) is 2.98. The molecule has 0 radical (unpaired) electrons. The molecule has 2 unspecified atom stereocenters. The summed E-state index contributed by atoms with van der Waals surface area (Å²) in [7, 11) is 0. The lowest BCUT2D eigenvalue weighted by Gasteiger charge is -2.33. The van der Waals surface area contributed by atoms with Gasteiger partial charge in [-0.1, -0.05) is 26.0 Å². The second-order valence-electron chi connectivity index (χ2n) is 5.76. The Morgan fingerprint density at radius 1 is 1.24 bits per heavy atom. The van der Waals surface area contributed by atoms with Gasteiger partial charge in [-0.2, -0.15) is 0 Å².